The van der Waals surface area contributed by atoms with Crippen LogP contribution in [0.5, 0.6) is 11.5 Å². The number of ether oxygens (including phenoxy) is 2. The van der Waals surface area contributed by atoms with Crippen molar-refractivity contribution in [2.45, 2.75) is 26.9 Å². The van der Waals surface area contributed by atoms with Gasteiger partial charge in [-0.3, -0.25) is 4.79 Å². The van der Waals surface area contributed by atoms with Gasteiger partial charge in [0.1, 0.15) is 0 Å². The fraction of sp³-hybridized carbons (Fsp3) is 0.263. The molecular weight excluding hydrogens is 384 g/mol. The molecule has 0 saturated carbocycles. The van der Waals surface area contributed by atoms with E-state index in [9.17, 15) is 4.79 Å². The predicted octanol–water partition coefficient (Wildman–Crippen LogP) is 4.32. The van der Waals surface area contributed by atoms with Gasteiger partial charge in [0.2, 0.25) is 0 Å². The SMILES string of the molecule is COc1cc(/C=N\NC(=O)c2ccccc2C)cc(Br)c1OC(C)C. The highest BCUT2D eigenvalue weighted by Gasteiger charge is 2.12. The molecule has 2 rings (SSSR count). The van der Waals surface area contributed by atoms with Crippen LogP contribution in [-0.2, 0) is 0 Å². The van der Waals surface area contributed by atoms with Crippen molar-refractivity contribution in [1.29, 1.82) is 0 Å². The zero-order chi connectivity index (χ0) is 18.4. The van der Waals surface area contributed by atoms with E-state index in [0.717, 1.165) is 15.6 Å². The van der Waals surface area contributed by atoms with E-state index in [1.807, 2.05) is 45.0 Å². The summed E-state index contributed by atoms with van der Waals surface area (Å²) >= 11 is 3.48. The molecule has 0 spiro atoms. The monoisotopic (exact) mass is 404 g/mol. The molecule has 0 aliphatic heterocycles. The van der Waals surface area contributed by atoms with Gasteiger partial charge < -0.3 is 9.47 Å². The van der Waals surface area contributed by atoms with Gasteiger partial charge in [-0.1, -0.05) is 18.2 Å². The predicted molar refractivity (Wildman–Crippen MR) is 103 cm³/mol. The second kappa shape index (κ2) is 8.67. The number of aryl methyl sites for hydroxylation is 1. The van der Waals surface area contributed by atoms with Crippen LogP contribution in [0.4, 0.5) is 0 Å². The van der Waals surface area contributed by atoms with Crippen LogP contribution in [0.3, 0.4) is 0 Å². The summed E-state index contributed by atoms with van der Waals surface area (Å²) in [5.41, 5.74) is 4.80. The summed E-state index contributed by atoms with van der Waals surface area (Å²) in [5, 5.41) is 4.02. The minimum atomic E-state index is -0.250. The van der Waals surface area contributed by atoms with Crippen LogP contribution >= 0.6 is 15.9 Å². The minimum absolute atomic E-state index is 0.0260. The summed E-state index contributed by atoms with van der Waals surface area (Å²) < 4.78 is 11.9. The summed E-state index contributed by atoms with van der Waals surface area (Å²) in [6.07, 6.45) is 1.58. The Balaban J connectivity index is 2.14. The number of hydrogen-bond acceptors (Lipinski definition) is 4. The Labute approximate surface area is 156 Å². The van der Waals surface area contributed by atoms with E-state index in [1.54, 1.807) is 25.5 Å². The van der Waals surface area contributed by atoms with Crippen LogP contribution in [0.25, 0.3) is 0 Å². The zero-order valence-electron chi connectivity index (χ0n) is 14.7. The molecule has 132 valence electrons. The molecule has 0 fully saturated rings. The molecule has 2 aromatic carbocycles. The Hall–Kier alpha value is -2.34. The molecular formula is C19H21BrN2O3. The van der Waals surface area contributed by atoms with Gasteiger partial charge in [-0.05, 0) is 66.0 Å². The number of halogens is 1. The number of methoxy groups -OCH3 is 1. The molecule has 0 aromatic heterocycles. The van der Waals surface area contributed by atoms with Crippen LogP contribution in [0.2, 0.25) is 0 Å². The molecule has 1 amide bonds. The average molecular weight is 405 g/mol. The number of amides is 1. The zero-order valence-corrected chi connectivity index (χ0v) is 16.3. The lowest BCUT2D eigenvalue weighted by atomic mass is 10.1. The van der Waals surface area contributed by atoms with Crippen LogP contribution < -0.4 is 14.9 Å². The lowest BCUT2D eigenvalue weighted by Crippen LogP contribution is -2.18. The Morgan fingerprint density at radius 3 is 2.64 bits per heavy atom. The van der Waals surface area contributed by atoms with E-state index in [0.29, 0.717) is 17.1 Å². The average Bonchev–Trinajstić information content (AvgIpc) is 2.57. The van der Waals surface area contributed by atoms with Gasteiger partial charge in [-0.15, -0.1) is 0 Å². The first-order chi connectivity index (χ1) is 11.9. The van der Waals surface area contributed by atoms with Gasteiger partial charge in [-0.25, -0.2) is 5.43 Å². The van der Waals surface area contributed by atoms with Crippen molar-refractivity contribution in [3.05, 3.63) is 57.6 Å². The first kappa shape index (κ1) is 19.0. The Kier molecular flexibility index (Phi) is 6.58. The van der Waals surface area contributed by atoms with E-state index in [-0.39, 0.29) is 12.0 Å². The third kappa shape index (κ3) is 5.06. The van der Waals surface area contributed by atoms with Crippen molar-refractivity contribution in [3.8, 4) is 11.5 Å². The molecule has 0 aliphatic carbocycles. The number of nitrogens with one attached hydrogen (secondary N) is 1. The van der Waals surface area contributed by atoms with E-state index in [2.05, 4.69) is 26.5 Å². The van der Waals surface area contributed by atoms with Gasteiger partial charge in [-0.2, -0.15) is 5.10 Å². The fourth-order valence-electron chi connectivity index (χ4n) is 2.22. The van der Waals surface area contributed by atoms with Gasteiger partial charge in [0, 0.05) is 5.56 Å². The largest absolute Gasteiger partial charge is 0.493 e. The van der Waals surface area contributed by atoms with Gasteiger partial charge in [0.15, 0.2) is 11.5 Å². The van der Waals surface area contributed by atoms with E-state index in [4.69, 9.17) is 9.47 Å². The van der Waals surface area contributed by atoms with E-state index >= 15 is 0 Å². The maximum Gasteiger partial charge on any atom is 0.271 e. The second-order valence-electron chi connectivity index (χ2n) is 5.71. The van der Waals surface area contributed by atoms with E-state index in [1.165, 1.54) is 0 Å². The summed E-state index contributed by atoms with van der Waals surface area (Å²) in [7, 11) is 1.58. The molecule has 0 bridgehead atoms. The highest BCUT2D eigenvalue weighted by molar-refractivity contribution is 9.10. The van der Waals surface area contributed by atoms with Gasteiger partial charge >= 0.3 is 0 Å². The van der Waals surface area contributed by atoms with Crippen LogP contribution in [0, 0.1) is 6.92 Å². The fourth-order valence-corrected chi connectivity index (χ4v) is 2.77. The van der Waals surface area contributed by atoms with Crippen LogP contribution in [-0.4, -0.2) is 25.3 Å². The number of carbonyl (C=O) groups excluding carboxylic acids is 1. The number of carbonyl (C=O) groups is 1. The third-order valence-corrected chi connectivity index (χ3v) is 3.96. The maximum atomic E-state index is 12.1. The minimum Gasteiger partial charge on any atom is -0.493 e. The van der Waals surface area contributed by atoms with Gasteiger partial charge in [0.25, 0.3) is 5.91 Å². The van der Waals surface area contributed by atoms with Crippen molar-refractivity contribution >= 4 is 28.1 Å². The molecule has 25 heavy (non-hydrogen) atoms. The van der Waals surface area contributed by atoms with Crippen LogP contribution in [0.15, 0.2) is 46.0 Å². The lowest BCUT2D eigenvalue weighted by Gasteiger charge is -2.15. The standard InChI is InChI=1S/C19H21BrN2O3/c1-12(2)25-18-16(20)9-14(10-17(18)24-4)11-21-22-19(23)15-8-6-5-7-13(15)3/h5-12H,1-4H3,(H,22,23)/b21-11-. The third-order valence-electron chi connectivity index (χ3n) is 3.37. The number of hydrogen-bond donors (Lipinski definition) is 1. The first-order valence-electron chi connectivity index (χ1n) is 7.85. The molecule has 0 heterocycles. The summed E-state index contributed by atoms with van der Waals surface area (Å²) in [5.74, 6) is 0.980. The highest BCUT2D eigenvalue weighted by atomic mass is 79.9. The molecule has 0 radical (unpaired) electrons. The van der Waals surface area contributed by atoms with Crippen molar-refractivity contribution < 1.29 is 14.3 Å². The molecule has 0 unspecified atom stereocenters. The van der Waals surface area contributed by atoms with Crippen molar-refractivity contribution in [1.82, 2.24) is 5.43 Å². The first-order valence-corrected chi connectivity index (χ1v) is 8.65. The quantitative estimate of drug-likeness (QED) is 0.575. The van der Waals surface area contributed by atoms with Gasteiger partial charge in [0.05, 0.1) is 23.9 Å². The normalized spacial score (nSPS) is 11.0. The molecule has 5 nitrogen and oxygen atoms in total. The molecule has 0 aliphatic rings. The number of benzene rings is 2. The number of rotatable bonds is 6. The van der Waals surface area contributed by atoms with Crippen molar-refractivity contribution in [3.63, 3.8) is 0 Å². The Morgan fingerprint density at radius 2 is 2.00 bits per heavy atom. The maximum absolute atomic E-state index is 12.1. The highest BCUT2D eigenvalue weighted by Crippen LogP contribution is 2.36. The number of hydrazone groups is 1. The second-order valence-corrected chi connectivity index (χ2v) is 6.57. The summed E-state index contributed by atoms with van der Waals surface area (Å²) in [4.78, 5) is 12.1. The molecule has 1 N–H and O–H groups in total. The van der Waals surface area contributed by atoms with Crippen molar-refractivity contribution in [2.75, 3.05) is 7.11 Å². The molecule has 2 aromatic rings. The van der Waals surface area contributed by atoms with E-state index < -0.39 is 0 Å². The molecule has 0 saturated heterocycles. The molecule has 6 heteroatoms. The summed E-state index contributed by atoms with van der Waals surface area (Å²) in [6, 6.07) is 11.0. The number of nitrogens with zero attached hydrogens (tertiary/aromatic N) is 1. The topological polar surface area (TPSA) is 59.9 Å². The Bertz CT molecular complexity index is 788. The molecule has 0 atom stereocenters. The Morgan fingerprint density at radius 1 is 1.28 bits per heavy atom. The summed E-state index contributed by atoms with van der Waals surface area (Å²) in [6.45, 7) is 5.78. The van der Waals surface area contributed by atoms with Crippen molar-refractivity contribution in [2.24, 2.45) is 5.10 Å². The lowest BCUT2D eigenvalue weighted by molar-refractivity contribution is 0.0954. The smallest absolute Gasteiger partial charge is 0.271 e. The van der Waals surface area contributed by atoms with Crippen LogP contribution in [0.1, 0.15) is 35.3 Å².